The molecule has 0 saturated carbocycles. The molecule has 0 spiro atoms. The van der Waals surface area contributed by atoms with Crippen molar-refractivity contribution in [3.8, 4) is 0 Å². The maximum atomic E-state index is 12.8. The third kappa shape index (κ3) is 5.43. The first kappa shape index (κ1) is 16.5. The summed E-state index contributed by atoms with van der Waals surface area (Å²) >= 11 is 0. The lowest BCUT2D eigenvalue weighted by Crippen LogP contribution is -2.21. The summed E-state index contributed by atoms with van der Waals surface area (Å²) in [6, 6.07) is 12.7. The van der Waals surface area contributed by atoms with Gasteiger partial charge in [-0.1, -0.05) is 13.0 Å². The first-order valence-electron chi connectivity index (χ1n) is 7.26. The van der Waals surface area contributed by atoms with Crippen LogP contribution in [0.1, 0.15) is 13.3 Å². The molecular formula is C17H18FN3O2. The van der Waals surface area contributed by atoms with E-state index in [-0.39, 0.29) is 24.2 Å². The molecule has 0 radical (unpaired) electrons. The maximum Gasteiger partial charge on any atom is 0.243 e. The minimum absolute atomic E-state index is 0.0581. The minimum atomic E-state index is -0.355. The van der Waals surface area contributed by atoms with Gasteiger partial charge in [-0.05, 0) is 42.5 Å². The van der Waals surface area contributed by atoms with E-state index in [1.54, 1.807) is 31.2 Å². The molecule has 0 aliphatic carbocycles. The number of hydrogen-bond acceptors (Lipinski definition) is 3. The van der Waals surface area contributed by atoms with E-state index >= 15 is 0 Å². The number of halogens is 1. The average molecular weight is 315 g/mol. The molecule has 0 aliphatic rings. The van der Waals surface area contributed by atoms with E-state index in [1.807, 2.05) is 0 Å². The molecule has 0 bridgehead atoms. The zero-order valence-corrected chi connectivity index (χ0v) is 12.7. The number of amides is 2. The number of nitrogens with one attached hydrogen (secondary N) is 3. The van der Waals surface area contributed by atoms with E-state index in [0.717, 1.165) is 0 Å². The van der Waals surface area contributed by atoms with Crippen LogP contribution in [0.2, 0.25) is 0 Å². The van der Waals surface area contributed by atoms with Gasteiger partial charge >= 0.3 is 0 Å². The highest BCUT2D eigenvalue weighted by Crippen LogP contribution is 2.15. The van der Waals surface area contributed by atoms with E-state index in [0.29, 0.717) is 23.5 Å². The molecule has 120 valence electrons. The van der Waals surface area contributed by atoms with Crippen LogP contribution in [0, 0.1) is 5.82 Å². The van der Waals surface area contributed by atoms with Crippen LogP contribution in [0.5, 0.6) is 0 Å². The zero-order chi connectivity index (χ0) is 16.7. The van der Waals surface area contributed by atoms with Crippen LogP contribution in [0.15, 0.2) is 48.5 Å². The van der Waals surface area contributed by atoms with Crippen LogP contribution < -0.4 is 16.0 Å². The predicted octanol–water partition coefficient (Wildman–Crippen LogP) is 3.22. The van der Waals surface area contributed by atoms with E-state index in [2.05, 4.69) is 16.0 Å². The lowest BCUT2D eigenvalue weighted by atomic mass is 10.2. The van der Waals surface area contributed by atoms with Gasteiger partial charge in [-0.25, -0.2) is 4.39 Å². The smallest absolute Gasteiger partial charge is 0.243 e. The van der Waals surface area contributed by atoms with Crippen molar-refractivity contribution in [3.05, 3.63) is 54.3 Å². The molecule has 0 aromatic heterocycles. The van der Waals surface area contributed by atoms with E-state index in [9.17, 15) is 14.0 Å². The zero-order valence-electron chi connectivity index (χ0n) is 12.7. The second-order valence-corrected chi connectivity index (χ2v) is 4.89. The Morgan fingerprint density at radius 1 is 0.913 bits per heavy atom. The van der Waals surface area contributed by atoms with Crippen molar-refractivity contribution in [2.24, 2.45) is 0 Å². The molecule has 2 amide bonds. The summed E-state index contributed by atoms with van der Waals surface area (Å²) in [5.41, 5.74) is 1.91. The molecule has 3 N–H and O–H groups in total. The SMILES string of the molecule is CCC(=O)Nc1cccc(NCC(=O)Nc2ccc(F)cc2)c1. The van der Waals surface area contributed by atoms with E-state index in [1.165, 1.54) is 24.3 Å². The fourth-order valence-corrected chi connectivity index (χ4v) is 1.88. The van der Waals surface area contributed by atoms with Gasteiger partial charge in [0.05, 0.1) is 6.54 Å². The third-order valence-electron chi connectivity index (χ3n) is 3.05. The summed E-state index contributed by atoms with van der Waals surface area (Å²) in [5.74, 6) is -0.678. The fraction of sp³-hybridized carbons (Fsp3) is 0.176. The van der Waals surface area contributed by atoms with E-state index < -0.39 is 0 Å². The molecule has 23 heavy (non-hydrogen) atoms. The van der Waals surface area contributed by atoms with Gasteiger partial charge in [0, 0.05) is 23.5 Å². The number of benzene rings is 2. The standard InChI is InChI=1S/C17H18FN3O2/c1-2-16(22)21-15-5-3-4-14(10-15)19-11-17(23)20-13-8-6-12(18)7-9-13/h3-10,19H,2,11H2,1H3,(H,20,23)(H,21,22). The molecular weight excluding hydrogens is 297 g/mol. The monoisotopic (exact) mass is 315 g/mol. The molecule has 0 aliphatic heterocycles. The van der Waals surface area contributed by atoms with Crippen molar-refractivity contribution in [3.63, 3.8) is 0 Å². The highest BCUT2D eigenvalue weighted by Gasteiger charge is 2.04. The summed E-state index contributed by atoms with van der Waals surface area (Å²) in [6.45, 7) is 1.83. The van der Waals surface area contributed by atoms with Crippen LogP contribution in [-0.4, -0.2) is 18.4 Å². The maximum absolute atomic E-state index is 12.8. The molecule has 6 heteroatoms. The number of hydrogen-bond donors (Lipinski definition) is 3. The summed E-state index contributed by atoms with van der Waals surface area (Å²) in [4.78, 5) is 23.2. The van der Waals surface area contributed by atoms with Gasteiger partial charge in [-0.15, -0.1) is 0 Å². The summed E-state index contributed by atoms with van der Waals surface area (Å²) in [6.07, 6.45) is 0.401. The highest BCUT2D eigenvalue weighted by molar-refractivity contribution is 5.94. The van der Waals surface area contributed by atoms with Gasteiger partial charge in [0.2, 0.25) is 11.8 Å². The number of carbonyl (C=O) groups excluding carboxylic acids is 2. The van der Waals surface area contributed by atoms with Crippen molar-refractivity contribution in [1.82, 2.24) is 0 Å². The van der Waals surface area contributed by atoms with E-state index in [4.69, 9.17) is 0 Å². The molecule has 0 unspecified atom stereocenters. The van der Waals surface area contributed by atoms with Crippen molar-refractivity contribution in [2.45, 2.75) is 13.3 Å². The van der Waals surface area contributed by atoms with Crippen LogP contribution in [-0.2, 0) is 9.59 Å². The van der Waals surface area contributed by atoms with Gasteiger partial charge in [0.15, 0.2) is 0 Å². The molecule has 2 rings (SSSR count). The van der Waals surface area contributed by atoms with Crippen molar-refractivity contribution < 1.29 is 14.0 Å². The largest absolute Gasteiger partial charge is 0.376 e. The Hall–Kier alpha value is -2.89. The first-order chi connectivity index (χ1) is 11.1. The second-order valence-electron chi connectivity index (χ2n) is 4.89. The van der Waals surface area contributed by atoms with Crippen molar-refractivity contribution in [1.29, 1.82) is 0 Å². The van der Waals surface area contributed by atoms with Gasteiger partial charge in [-0.2, -0.15) is 0 Å². The first-order valence-corrected chi connectivity index (χ1v) is 7.26. The molecule has 0 heterocycles. The fourth-order valence-electron chi connectivity index (χ4n) is 1.88. The van der Waals surface area contributed by atoms with Gasteiger partial charge in [0.25, 0.3) is 0 Å². The van der Waals surface area contributed by atoms with Crippen LogP contribution in [0.25, 0.3) is 0 Å². The highest BCUT2D eigenvalue weighted by atomic mass is 19.1. The van der Waals surface area contributed by atoms with Gasteiger partial charge in [0.1, 0.15) is 5.82 Å². The minimum Gasteiger partial charge on any atom is -0.376 e. The number of anilines is 3. The molecule has 2 aromatic carbocycles. The normalized spacial score (nSPS) is 10.0. The molecule has 2 aromatic rings. The molecule has 0 saturated heterocycles. The summed E-state index contributed by atoms with van der Waals surface area (Å²) in [5, 5.41) is 8.38. The topological polar surface area (TPSA) is 70.2 Å². The number of rotatable bonds is 6. The Labute approximate surface area is 133 Å². The summed E-state index contributed by atoms with van der Waals surface area (Å²) in [7, 11) is 0. The number of carbonyl (C=O) groups is 2. The summed E-state index contributed by atoms with van der Waals surface area (Å²) < 4.78 is 12.8. The Morgan fingerprint density at radius 2 is 1.57 bits per heavy atom. The molecule has 0 fully saturated rings. The van der Waals surface area contributed by atoms with Crippen LogP contribution in [0.3, 0.4) is 0 Å². The third-order valence-corrected chi connectivity index (χ3v) is 3.05. The van der Waals surface area contributed by atoms with Gasteiger partial charge in [-0.3, -0.25) is 9.59 Å². The lowest BCUT2D eigenvalue weighted by Gasteiger charge is -2.10. The Bertz CT molecular complexity index is 686. The quantitative estimate of drug-likeness (QED) is 0.766. The average Bonchev–Trinajstić information content (AvgIpc) is 2.55. The Kier molecular flexibility index (Phi) is 5.68. The van der Waals surface area contributed by atoms with Crippen molar-refractivity contribution in [2.75, 3.05) is 22.5 Å². The van der Waals surface area contributed by atoms with Crippen LogP contribution in [0.4, 0.5) is 21.5 Å². The van der Waals surface area contributed by atoms with Crippen LogP contribution >= 0.6 is 0 Å². The van der Waals surface area contributed by atoms with Gasteiger partial charge < -0.3 is 16.0 Å². The molecule has 5 nitrogen and oxygen atoms in total. The molecule has 0 atom stereocenters. The second kappa shape index (κ2) is 7.93. The van der Waals surface area contributed by atoms with Crippen molar-refractivity contribution >= 4 is 28.9 Å². The lowest BCUT2D eigenvalue weighted by molar-refractivity contribution is -0.116. The Morgan fingerprint density at radius 3 is 2.26 bits per heavy atom. The Balaban J connectivity index is 1.87. The predicted molar refractivity (Wildman–Crippen MR) is 88.9 cm³/mol.